The molecule has 2 fully saturated rings. The number of rotatable bonds is 1. The number of alkyl halides is 2. The summed E-state index contributed by atoms with van der Waals surface area (Å²) in [6, 6.07) is 0. The van der Waals surface area contributed by atoms with Crippen LogP contribution >= 0.6 is 11.8 Å². The summed E-state index contributed by atoms with van der Waals surface area (Å²) in [7, 11) is 0. The number of hydrogen-bond acceptors (Lipinski definition) is 2. The highest BCUT2D eigenvalue weighted by atomic mass is 32.2. The second kappa shape index (κ2) is 4.21. The average molecular weight is 235 g/mol. The lowest BCUT2D eigenvalue weighted by atomic mass is 9.71. The Morgan fingerprint density at radius 3 is 2.33 bits per heavy atom. The Morgan fingerprint density at radius 1 is 1.13 bits per heavy atom. The van der Waals surface area contributed by atoms with Gasteiger partial charge in [-0.3, -0.25) is 0 Å². The van der Waals surface area contributed by atoms with Gasteiger partial charge >= 0.3 is 0 Å². The van der Waals surface area contributed by atoms with Crippen LogP contribution in [-0.4, -0.2) is 23.0 Å². The lowest BCUT2D eigenvalue weighted by Crippen LogP contribution is -2.53. The lowest BCUT2D eigenvalue weighted by Gasteiger charge is -2.44. The molecule has 1 nitrogen and oxygen atoms in total. The van der Waals surface area contributed by atoms with E-state index in [2.05, 4.69) is 0 Å². The van der Waals surface area contributed by atoms with Crippen LogP contribution < -0.4 is 5.73 Å². The summed E-state index contributed by atoms with van der Waals surface area (Å²) < 4.78 is 26.1. The van der Waals surface area contributed by atoms with Crippen LogP contribution in [0.4, 0.5) is 8.78 Å². The van der Waals surface area contributed by atoms with E-state index < -0.39 is 5.92 Å². The highest BCUT2D eigenvalue weighted by Crippen LogP contribution is 2.43. The summed E-state index contributed by atoms with van der Waals surface area (Å²) in [6.45, 7) is 0. The molecular formula is C11H19F2NS. The zero-order valence-electron chi connectivity index (χ0n) is 8.98. The first kappa shape index (κ1) is 11.6. The Bertz CT molecular complexity index is 217. The maximum Gasteiger partial charge on any atom is 0.248 e. The van der Waals surface area contributed by atoms with Crippen LogP contribution in [0.15, 0.2) is 0 Å². The highest BCUT2D eigenvalue weighted by Gasteiger charge is 2.45. The van der Waals surface area contributed by atoms with Gasteiger partial charge < -0.3 is 5.73 Å². The van der Waals surface area contributed by atoms with Crippen molar-refractivity contribution in [3.8, 4) is 0 Å². The molecule has 1 heterocycles. The van der Waals surface area contributed by atoms with E-state index in [1.54, 1.807) is 0 Å². The summed E-state index contributed by atoms with van der Waals surface area (Å²) in [4.78, 5) is 0. The molecule has 0 aromatic rings. The number of halogens is 2. The zero-order chi connectivity index (χ0) is 10.9. The molecular weight excluding hydrogens is 216 g/mol. The molecule has 0 aromatic heterocycles. The van der Waals surface area contributed by atoms with Crippen molar-refractivity contribution in [3.05, 3.63) is 0 Å². The average Bonchev–Trinajstić information content (AvgIpc) is 2.24. The van der Waals surface area contributed by atoms with Gasteiger partial charge in [0.2, 0.25) is 5.92 Å². The molecule has 1 saturated carbocycles. The molecule has 2 N–H and O–H groups in total. The molecule has 0 radical (unpaired) electrons. The molecule has 2 aliphatic rings. The fourth-order valence-corrected chi connectivity index (χ4v) is 4.00. The van der Waals surface area contributed by atoms with E-state index in [4.69, 9.17) is 5.73 Å². The summed E-state index contributed by atoms with van der Waals surface area (Å²) in [6.07, 6.45) is 3.32. The molecule has 4 heteroatoms. The predicted octanol–water partition coefficient (Wildman–Crippen LogP) is 3.04. The number of nitrogens with two attached hydrogens (primary N) is 1. The molecule has 2 rings (SSSR count). The van der Waals surface area contributed by atoms with Crippen LogP contribution in [0.2, 0.25) is 0 Å². The van der Waals surface area contributed by atoms with Crippen LogP contribution in [0, 0.1) is 5.92 Å². The van der Waals surface area contributed by atoms with E-state index in [1.165, 1.54) is 12.2 Å². The standard InChI is InChI=1S/C11H19F2NS/c12-11(13)5-3-10(14,4-6-11)9-2-1-7-15-8-9/h9H,1-8,14H2. The second-order valence-electron chi connectivity index (χ2n) is 5.00. The molecule has 1 atom stereocenters. The molecule has 1 saturated heterocycles. The minimum atomic E-state index is -2.45. The molecule has 0 spiro atoms. The quantitative estimate of drug-likeness (QED) is 0.756. The zero-order valence-corrected chi connectivity index (χ0v) is 9.79. The Kier molecular flexibility index (Phi) is 3.27. The SMILES string of the molecule is NC1(C2CCCSC2)CCC(F)(F)CC1. The van der Waals surface area contributed by atoms with Gasteiger partial charge in [-0.25, -0.2) is 8.78 Å². The van der Waals surface area contributed by atoms with Gasteiger partial charge in [0.25, 0.3) is 0 Å². The third-order valence-electron chi connectivity index (χ3n) is 3.89. The molecule has 15 heavy (non-hydrogen) atoms. The summed E-state index contributed by atoms with van der Waals surface area (Å²) in [5, 5.41) is 0. The van der Waals surface area contributed by atoms with Crippen molar-refractivity contribution in [2.24, 2.45) is 11.7 Å². The third-order valence-corrected chi connectivity index (χ3v) is 5.10. The maximum absolute atomic E-state index is 13.1. The maximum atomic E-state index is 13.1. The second-order valence-corrected chi connectivity index (χ2v) is 6.15. The predicted molar refractivity (Wildman–Crippen MR) is 60.4 cm³/mol. The lowest BCUT2D eigenvalue weighted by molar-refractivity contribution is -0.0578. The molecule has 0 aromatic carbocycles. The van der Waals surface area contributed by atoms with Crippen molar-refractivity contribution in [1.82, 2.24) is 0 Å². The van der Waals surface area contributed by atoms with E-state index in [1.807, 2.05) is 11.8 Å². The van der Waals surface area contributed by atoms with Crippen molar-refractivity contribution < 1.29 is 8.78 Å². The van der Waals surface area contributed by atoms with Crippen molar-refractivity contribution in [1.29, 1.82) is 0 Å². The Labute approximate surface area is 94.2 Å². The molecule has 1 unspecified atom stereocenters. The van der Waals surface area contributed by atoms with Gasteiger partial charge in [0.05, 0.1) is 0 Å². The largest absolute Gasteiger partial charge is 0.325 e. The topological polar surface area (TPSA) is 26.0 Å². The fourth-order valence-electron chi connectivity index (χ4n) is 2.68. The number of hydrogen-bond donors (Lipinski definition) is 1. The smallest absolute Gasteiger partial charge is 0.248 e. The van der Waals surface area contributed by atoms with E-state index >= 15 is 0 Å². The minimum Gasteiger partial charge on any atom is -0.325 e. The van der Waals surface area contributed by atoms with Crippen molar-refractivity contribution in [3.63, 3.8) is 0 Å². The van der Waals surface area contributed by atoms with Gasteiger partial charge in [-0.1, -0.05) is 0 Å². The third kappa shape index (κ3) is 2.64. The van der Waals surface area contributed by atoms with E-state index in [0.29, 0.717) is 18.8 Å². The van der Waals surface area contributed by atoms with Gasteiger partial charge in [0, 0.05) is 18.4 Å². The van der Waals surface area contributed by atoms with Gasteiger partial charge in [-0.15, -0.1) is 0 Å². The summed E-state index contributed by atoms with van der Waals surface area (Å²) in [5.41, 5.74) is 6.01. The first-order valence-electron chi connectivity index (χ1n) is 5.76. The summed E-state index contributed by atoms with van der Waals surface area (Å²) >= 11 is 1.93. The van der Waals surface area contributed by atoms with Crippen molar-refractivity contribution >= 4 is 11.8 Å². The van der Waals surface area contributed by atoms with Crippen LogP contribution in [0.1, 0.15) is 38.5 Å². The molecule has 88 valence electrons. The van der Waals surface area contributed by atoms with Crippen molar-refractivity contribution in [2.45, 2.75) is 50.0 Å². The van der Waals surface area contributed by atoms with Gasteiger partial charge in [0.15, 0.2) is 0 Å². The van der Waals surface area contributed by atoms with Crippen LogP contribution in [-0.2, 0) is 0 Å². The Balaban J connectivity index is 1.95. The number of thioether (sulfide) groups is 1. The van der Waals surface area contributed by atoms with E-state index in [-0.39, 0.29) is 18.4 Å². The van der Waals surface area contributed by atoms with E-state index in [0.717, 1.165) is 12.2 Å². The van der Waals surface area contributed by atoms with Crippen molar-refractivity contribution in [2.75, 3.05) is 11.5 Å². The van der Waals surface area contributed by atoms with Crippen LogP contribution in [0.25, 0.3) is 0 Å². The van der Waals surface area contributed by atoms with Gasteiger partial charge in [-0.2, -0.15) is 11.8 Å². The first-order chi connectivity index (χ1) is 7.02. The summed E-state index contributed by atoms with van der Waals surface area (Å²) in [5.74, 6) is 0.294. The monoisotopic (exact) mass is 235 g/mol. The minimum absolute atomic E-state index is 0.00926. The van der Waals surface area contributed by atoms with Crippen LogP contribution in [0.5, 0.6) is 0 Å². The van der Waals surface area contributed by atoms with Gasteiger partial charge in [0.1, 0.15) is 0 Å². The Morgan fingerprint density at radius 2 is 1.80 bits per heavy atom. The molecule has 1 aliphatic heterocycles. The van der Waals surface area contributed by atoms with E-state index in [9.17, 15) is 8.78 Å². The van der Waals surface area contributed by atoms with Gasteiger partial charge in [-0.05, 0) is 43.1 Å². The highest BCUT2D eigenvalue weighted by molar-refractivity contribution is 7.99. The van der Waals surface area contributed by atoms with Crippen LogP contribution in [0.3, 0.4) is 0 Å². The fraction of sp³-hybridized carbons (Fsp3) is 1.00. The molecule has 0 bridgehead atoms. The first-order valence-corrected chi connectivity index (χ1v) is 6.92. The molecule has 1 aliphatic carbocycles. The normalized spacial score (nSPS) is 35.0. The Hall–Kier alpha value is 0.170. The molecule has 0 amide bonds.